The van der Waals surface area contributed by atoms with E-state index in [1.807, 2.05) is 12.1 Å². The van der Waals surface area contributed by atoms with Crippen LogP contribution >= 0.6 is 39.1 Å². The first-order valence-electron chi connectivity index (χ1n) is 5.25. The Morgan fingerprint density at radius 2 is 2.13 bits per heavy atom. The van der Waals surface area contributed by atoms with Crippen LogP contribution in [0.1, 0.15) is 24.8 Å². The maximum absolute atomic E-state index is 6.26. The molecule has 1 aromatic rings. The van der Waals surface area contributed by atoms with Crippen molar-refractivity contribution in [3.63, 3.8) is 0 Å². The minimum atomic E-state index is 0.338. The van der Waals surface area contributed by atoms with E-state index in [1.165, 1.54) is 18.4 Å². The summed E-state index contributed by atoms with van der Waals surface area (Å²) in [4.78, 5) is 0. The molecule has 0 aliphatic heterocycles. The minimum Gasteiger partial charge on any atom is -0.123 e. The topological polar surface area (TPSA) is 0 Å². The van der Waals surface area contributed by atoms with Crippen molar-refractivity contribution >= 4 is 39.1 Å². The predicted molar refractivity (Wildman–Crippen MR) is 69.8 cm³/mol. The molecule has 0 bridgehead atoms. The molecule has 2 rings (SSSR count). The minimum absolute atomic E-state index is 0.338. The molecule has 0 N–H and O–H groups in total. The molecule has 1 aromatic carbocycles. The summed E-state index contributed by atoms with van der Waals surface area (Å²) in [6, 6.07) is 6.09. The molecule has 2 unspecified atom stereocenters. The molecule has 2 atom stereocenters. The van der Waals surface area contributed by atoms with Gasteiger partial charge in [0.1, 0.15) is 0 Å². The number of benzene rings is 1. The van der Waals surface area contributed by atoms with Crippen LogP contribution in [0.4, 0.5) is 0 Å². The third-order valence-corrected chi connectivity index (χ3v) is 4.48. The Morgan fingerprint density at radius 3 is 2.73 bits per heavy atom. The number of hydrogen-bond donors (Lipinski definition) is 0. The molecule has 0 amide bonds. The summed E-state index contributed by atoms with van der Waals surface area (Å²) < 4.78 is 1.03. The van der Waals surface area contributed by atoms with E-state index in [1.54, 1.807) is 0 Å². The van der Waals surface area contributed by atoms with E-state index in [9.17, 15) is 0 Å². The monoisotopic (exact) mass is 306 g/mol. The van der Waals surface area contributed by atoms with Crippen LogP contribution in [0, 0.1) is 5.92 Å². The van der Waals surface area contributed by atoms with Crippen LogP contribution in [-0.2, 0) is 6.42 Å². The van der Waals surface area contributed by atoms with E-state index in [-0.39, 0.29) is 0 Å². The van der Waals surface area contributed by atoms with Gasteiger partial charge in [0, 0.05) is 14.9 Å². The van der Waals surface area contributed by atoms with Gasteiger partial charge in [-0.3, -0.25) is 0 Å². The molecule has 3 heteroatoms. The maximum atomic E-state index is 6.26. The van der Waals surface area contributed by atoms with E-state index in [2.05, 4.69) is 22.0 Å². The van der Waals surface area contributed by atoms with Gasteiger partial charge in [-0.05, 0) is 42.9 Å². The van der Waals surface area contributed by atoms with Gasteiger partial charge < -0.3 is 0 Å². The van der Waals surface area contributed by atoms with Crippen molar-refractivity contribution in [1.82, 2.24) is 0 Å². The van der Waals surface area contributed by atoms with Crippen molar-refractivity contribution < 1.29 is 0 Å². The van der Waals surface area contributed by atoms with Crippen LogP contribution in [0.3, 0.4) is 0 Å². The maximum Gasteiger partial charge on any atom is 0.0449 e. The molecule has 1 fully saturated rings. The normalized spacial score (nSPS) is 25.8. The zero-order valence-electron chi connectivity index (χ0n) is 8.35. The van der Waals surface area contributed by atoms with Gasteiger partial charge in [-0.2, -0.15) is 0 Å². The number of alkyl halides is 1. The third-order valence-electron chi connectivity index (χ3n) is 3.06. The van der Waals surface area contributed by atoms with E-state index in [4.69, 9.17) is 23.2 Å². The van der Waals surface area contributed by atoms with Crippen LogP contribution < -0.4 is 0 Å². The summed E-state index contributed by atoms with van der Waals surface area (Å²) in [6.07, 6.45) is 4.66. The van der Waals surface area contributed by atoms with E-state index in [0.29, 0.717) is 11.3 Å². The zero-order chi connectivity index (χ0) is 10.8. The van der Waals surface area contributed by atoms with Gasteiger partial charge in [0.15, 0.2) is 0 Å². The quantitative estimate of drug-likeness (QED) is 0.671. The highest BCUT2D eigenvalue weighted by Crippen LogP contribution is 2.34. The molecule has 0 nitrogen and oxygen atoms in total. The summed E-state index contributed by atoms with van der Waals surface area (Å²) in [6.45, 7) is 0. The Bertz CT molecular complexity index is 351. The Hall–Kier alpha value is 0.280. The molecule has 15 heavy (non-hydrogen) atoms. The van der Waals surface area contributed by atoms with Crippen molar-refractivity contribution in [3.8, 4) is 0 Å². The second-order valence-corrected chi connectivity index (χ2v) is 6.03. The molecule has 1 aliphatic carbocycles. The highest BCUT2D eigenvalue weighted by molar-refractivity contribution is 9.10. The predicted octanol–water partition coefficient (Wildman–Crippen LogP) is 5.05. The lowest BCUT2D eigenvalue weighted by Crippen LogP contribution is -2.10. The Labute approximate surface area is 109 Å². The summed E-state index contributed by atoms with van der Waals surface area (Å²) >= 11 is 15.9. The van der Waals surface area contributed by atoms with Crippen molar-refractivity contribution in [3.05, 3.63) is 33.3 Å². The molecule has 0 aromatic heterocycles. The second kappa shape index (κ2) is 5.07. The fourth-order valence-electron chi connectivity index (χ4n) is 2.19. The van der Waals surface area contributed by atoms with Gasteiger partial charge in [0.25, 0.3) is 0 Å². The Kier molecular flexibility index (Phi) is 3.98. The summed E-state index contributed by atoms with van der Waals surface area (Å²) in [5.74, 6) is 0.602. The molecule has 0 heterocycles. The number of halogens is 3. The van der Waals surface area contributed by atoms with Crippen molar-refractivity contribution in [2.45, 2.75) is 31.1 Å². The molecule has 82 valence electrons. The molecule has 1 aliphatic rings. The largest absolute Gasteiger partial charge is 0.123 e. The highest BCUT2D eigenvalue weighted by Gasteiger charge is 2.25. The lowest BCUT2D eigenvalue weighted by Gasteiger charge is -2.14. The first-order chi connectivity index (χ1) is 7.16. The van der Waals surface area contributed by atoms with Crippen LogP contribution in [-0.4, -0.2) is 5.38 Å². The van der Waals surface area contributed by atoms with E-state index in [0.717, 1.165) is 22.3 Å². The van der Waals surface area contributed by atoms with Gasteiger partial charge in [-0.1, -0.05) is 40.0 Å². The molecule has 0 spiro atoms. The lowest BCUT2D eigenvalue weighted by molar-refractivity contribution is 0.553. The lowest BCUT2D eigenvalue weighted by atomic mass is 9.98. The van der Waals surface area contributed by atoms with Crippen molar-refractivity contribution in [2.24, 2.45) is 5.92 Å². The smallest absolute Gasteiger partial charge is 0.0449 e. The summed E-state index contributed by atoms with van der Waals surface area (Å²) in [5, 5.41) is 1.19. The van der Waals surface area contributed by atoms with Gasteiger partial charge in [-0.15, -0.1) is 11.6 Å². The molecule has 1 saturated carbocycles. The second-order valence-electron chi connectivity index (χ2n) is 4.15. The molecule has 0 radical (unpaired) electrons. The highest BCUT2D eigenvalue weighted by atomic mass is 79.9. The summed E-state index contributed by atoms with van der Waals surface area (Å²) in [7, 11) is 0. The first-order valence-corrected chi connectivity index (χ1v) is 6.85. The van der Waals surface area contributed by atoms with E-state index < -0.39 is 0 Å². The van der Waals surface area contributed by atoms with Gasteiger partial charge >= 0.3 is 0 Å². The zero-order valence-corrected chi connectivity index (χ0v) is 11.4. The summed E-state index contributed by atoms with van der Waals surface area (Å²) in [5.41, 5.74) is 1.22. The standard InChI is InChI=1S/C12H13BrCl2/c13-10-5-4-9(12(15)7-10)6-8-2-1-3-11(8)14/h4-5,7-8,11H,1-3,6H2. The van der Waals surface area contributed by atoms with Gasteiger partial charge in [0.2, 0.25) is 0 Å². The van der Waals surface area contributed by atoms with Crippen molar-refractivity contribution in [1.29, 1.82) is 0 Å². The third kappa shape index (κ3) is 2.89. The van der Waals surface area contributed by atoms with Crippen molar-refractivity contribution in [2.75, 3.05) is 0 Å². The van der Waals surface area contributed by atoms with Crippen LogP contribution in [0.25, 0.3) is 0 Å². The number of rotatable bonds is 2. The SMILES string of the molecule is Clc1cc(Br)ccc1CC1CCCC1Cl. The Balaban J connectivity index is 2.10. The molecular weight excluding hydrogens is 295 g/mol. The fraction of sp³-hybridized carbons (Fsp3) is 0.500. The van der Waals surface area contributed by atoms with Crippen LogP contribution in [0.2, 0.25) is 5.02 Å². The first kappa shape index (κ1) is 11.8. The van der Waals surface area contributed by atoms with Gasteiger partial charge in [-0.25, -0.2) is 0 Å². The molecule has 0 saturated heterocycles. The number of hydrogen-bond acceptors (Lipinski definition) is 0. The van der Waals surface area contributed by atoms with Crippen LogP contribution in [0.15, 0.2) is 22.7 Å². The fourth-order valence-corrected chi connectivity index (χ4v) is 3.31. The van der Waals surface area contributed by atoms with Crippen LogP contribution in [0.5, 0.6) is 0 Å². The molecular formula is C12H13BrCl2. The Morgan fingerprint density at radius 1 is 1.33 bits per heavy atom. The average Bonchev–Trinajstić information content (AvgIpc) is 2.57. The average molecular weight is 308 g/mol. The van der Waals surface area contributed by atoms with Gasteiger partial charge in [0.05, 0.1) is 0 Å². The van der Waals surface area contributed by atoms with E-state index >= 15 is 0 Å².